The highest BCUT2D eigenvalue weighted by Gasteiger charge is 2.41. The summed E-state index contributed by atoms with van der Waals surface area (Å²) in [4.78, 5) is 9.51. The van der Waals surface area contributed by atoms with E-state index < -0.39 is 0 Å². The molecule has 7 heteroatoms. The monoisotopic (exact) mass is 426 g/mol. The van der Waals surface area contributed by atoms with Crippen molar-refractivity contribution in [3.63, 3.8) is 0 Å². The highest BCUT2D eigenvalue weighted by atomic mass is 35.5. The smallest absolute Gasteiger partial charge is 0.129 e. The van der Waals surface area contributed by atoms with E-state index in [2.05, 4.69) is 72.1 Å². The molecule has 2 aliphatic rings. The zero-order valence-electron chi connectivity index (χ0n) is 18.2. The Morgan fingerprint density at radius 3 is 2.40 bits per heavy atom. The van der Waals surface area contributed by atoms with E-state index in [1.807, 2.05) is 18.2 Å². The second-order valence-electron chi connectivity index (χ2n) is 8.52. The normalized spacial score (nSPS) is 17.0. The molecule has 160 valence electrons. The number of halogens is 1. The van der Waals surface area contributed by atoms with Gasteiger partial charge in [0.25, 0.3) is 0 Å². The fourth-order valence-corrected chi connectivity index (χ4v) is 4.53. The Morgan fingerprint density at radius 2 is 1.73 bits per heavy atom. The van der Waals surface area contributed by atoms with Crippen LogP contribution < -0.4 is 25.8 Å². The summed E-state index contributed by atoms with van der Waals surface area (Å²) in [6.07, 6.45) is 1.96. The minimum atomic E-state index is -0.202. The van der Waals surface area contributed by atoms with E-state index in [-0.39, 0.29) is 5.54 Å². The minimum absolute atomic E-state index is 0.202. The van der Waals surface area contributed by atoms with Crippen molar-refractivity contribution in [2.45, 2.75) is 24.9 Å². The number of benzene rings is 2. The van der Waals surface area contributed by atoms with Crippen molar-refractivity contribution in [2.24, 2.45) is 4.99 Å². The van der Waals surface area contributed by atoms with Gasteiger partial charge in [-0.05, 0) is 55.8 Å². The molecular weight excluding hydrogens is 396 g/mol. The molecule has 2 heterocycles. The van der Waals surface area contributed by atoms with Crippen LogP contribution in [0.5, 0.6) is 0 Å². The molecule has 0 saturated carbocycles. The lowest BCUT2D eigenvalue weighted by molar-refractivity contribution is 0.412. The number of rotatable bonds is 4. The lowest BCUT2D eigenvalue weighted by atomic mass is 9.84. The van der Waals surface area contributed by atoms with Crippen molar-refractivity contribution in [2.75, 3.05) is 56.4 Å². The maximum absolute atomic E-state index is 6.19. The molecule has 30 heavy (non-hydrogen) atoms. The Kier molecular flexibility index (Phi) is 5.80. The second kappa shape index (κ2) is 8.36. The number of piperidine rings is 1. The summed E-state index contributed by atoms with van der Waals surface area (Å²) < 4.78 is 0. The van der Waals surface area contributed by atoms with Gasteiger partial charge in [0.1, 0.15) is 11.5 Å². The molecule has 2 aromatic rings. The van der Waals surface area contributed by atoms with E-state index in [0.717, 1.165) is 65.1 Å². The van der Waals surface area contributed by atoms with Crippen molar-refractivity contribution in [3.8, 4) is 0 Å². The summed E-state index contributed by atoms with van der Waals surface area (Å²) in [5, 5.41) is 11.8. The third kappa shape index (κ3) is 3.94. The average molecular weight is 427 g/mol. The molecule has 6 nitrogen and oxygen atoms in total. The lowest BCUT2D eigenvalue weighted by Gasteiger charge is -2.44. The first-order chi connectivity index (χ1) is 14.4. The molecule has 4 rings (SSSR count). The molecule has 0 radical (unpaired) electrons. The quantitative estimate of drug-likeness (QED) is 0.693. The number of nitrogens with zero attached hydrogens (tertiary/aromatic N) is 3. The first kappa shape index (κ1) is 20.8. The van der Waals surface area contributed by atoms with Gasteiger partial charge in [0.05, 0.1) is 22.6 Å². The fraction of sp³-hybridized carbons (Fsp3) is 0.435. The Labute approximate surface area is 184 Å². The summed E-state index contributed by atoms with van der Waals surface area (Å²) >= 11 is 6.19. The van der Waals surface area contributed by atoms with Crippen LogP contribution in [0.1, 0.15) is 18.4 Å². The average Bonchev–Trinajstić information content (AvgIpc) is 2.72. The molecule has 1 spiro atoms. The van der Waals surface area contributed by atoms with Gasteiger partial charge in [-0.3, -0.25) is 0 Å². The van der Waals surface area contributed by atoms with Crippen molar-refractivity contribution < 1.29 is 0 Å². The van der Waals surface area contributed by atoms with Crippen LogP contribution >= 0.6 is 11.6 Å². The Hall–Kier alpha value is -2.44. The number of hydrogen-bond acceptors (Lipinski definition) is 6. The summed E-state index contributed by atoms with van der Waals surface area (Å²) in [6, 6.07) is 12.3. The van der Waals surface area contributed by atoms with Gasteiger partial charge in [-0.15, -0.1) is 0 Å². The largest absolute Gasteiger partial charge is 0.376 e. The highest BCUT2D eigenvalue weighted by molar-refractivity contribution is 6.30. The molecule has 3 N–H and O–H groups in total. The predicted octanol–water partition coefficient (Wildman–Crippen LogP) is 3.84. The van der Waals surface area contributed by atoms with Gasteiger partial charge in [0.2, 0.25) is 0 Å². The van der Waals surface area contributed by atoms with E-state index in [4.69, 9.17) is 16.6 Å². The van der Waals surface area contributed by atoms with Gasteiger partial charge in [-0.2, -0.15) is 0 Å². The van der Waals surface area contributed by atoms with Crippen LogP contribution in [0.4, 0.5) is 22.7 Å². The number of anilines is 3. The molecular formula is C23H31ClN6. The number of hydrogen-bond donors (Lipinski definition) is 3. The van der Waals surface area contributed by atoms with Gasteiger partial charge in [-0.25, -0.2) is 4.99 Å². The van der Waals surface area contributed by atoms with Gasteiger partial charge in [0, 0.05) is 39.8 Å². The summed E-state index contributed by atoms with van der Waals surface area (Å²) in [5.41, 5.74) is 5.31. The number of amidine groups is 1. The third-order valence-electron chi connectivity index (χ3n) is 5.95. The zero-order valence-corrected chi connectivity index (χ0v) is 19.0. The van der Waals surface area contributed by atoms with Gasteiger partial charge >= 0.3 is 0 Å². The molecule has 0 atom stereocenters. The highest BCUT2D eigenvalue weighted by Crippen LogP contribution is 2.47. The predicted molar refractivity (Wildman–Crippen MR) is 129 cm³/mol. The maximum atomic E-state index is 6.19. The van der Waals surface area contributed by atoms with Crippen LogP contribution in [-0.2, 0) is 6.54 Å². The fourth-order valence-electron chi connectivity index (χ4n) is 4.31. The first-order valence-electron chi connectivity index (χ1n) is 10.5. The molecule has 0 aliphatic carbocycles. The molecule has 0 bridgehead atoms. The van der Waals surface area contributed by atoms with Gasteiger partial charge in [0.15, 0.2) is 0 Å². The molecule has 0 aromatic heterocycles. The summed E-state index contributed by atoms with van der Waals surface area (Å²) in [5.74, 6) is 1.01. The Balaban J connectivity index is 1.78. The SMILES string of the molecule is CN(C)c1ccc(N(C)C)c2c1N=C(NCc1cccc(Cl)c1)C1(CCNCC1)N2. The lowest BCUT2D eigenvalue weighted by Crippen LogP contribution is -2.58. The molecule has 1 fully saturated rings. The molecule has 2 aliphatic heterocycles. The summed E-state index contributed by atoms with van der Waals surface area (Å²) in [7, 11) is 8.29. The van der Waals surface area contributed by atoms with Crippen LogP contribution in [0.3, 0.4) is 0 Å². The van der Waals surface area contributed by atoms with E-state index in [9.17, 15) is 0 Å². The van der Waals surface area contributed by atoms with E-state index in [0.29, 0.717) is 6.54 Å². The number of nitrogens with one attached hydrogen (secondary N) is 3. The first-order valence-corrected chi connectivity index (χ1v) is 10.9. The van der Waals surface area contributed by atoms with Crippen molar-refractivity contribution in [1.82, 2.24) is 10.6 Å². The van der Waals surface area contributed by atoms with Crippen molar-refractivity contribution in [3.05, 3.63) is 47.0 Å². The second-order valence-corrected chi connectivity index (χ2v) is 8.95. The Morgan fingerprint density at radius 1 is 1.03 bits per heavy atom. The van der Waals surface area contributed by atoms with E-state index >= 15 is 0 Å². The van der Waals surface area contributed by atoms with Crippen LogP contribution in [0, 0.1) is 0 Å². The number of aliphatic imine (C=N–C) groups is 1. The molecule has 0 unspecified atom stereocenters. The molecule has 1 saturated heterocycles. The van der Waals surface area contributed by atoms with Gasteiger partial charge < -0.3 is 25.8 Å². The number of fused-ring (bicyclic) bond motifs is 1. The van der Waals surface area contributed by atoms with E-state index in [1.165, 1.54) is 0 Å². The van der Waals surface area contributed by atoms with Crippen molar-refractivity contribution in [1.29, 1.82) is 0 Å². The summed E-state index contributed by atoms with van der Waals surface area (Å²) in [6.45, 7) is 2.62. The topological polar surface area (TPSA) is 54.9 Å². The van der Waals surface area contributed by atoms with Crippen LogP contribution in [0.15, 0.2) is 41.4 Å². The zero-order chi connectivity index (χ0) is 21.3. The third-order valence-corrected chi connectivity index (χ3v) is 6.18. The van der Waals surface area contributed by atoms with E-state index in [1.54, 1.807) is 0 Å². The minimum Gasteiger partial charge on any atom is -0.376 e. The molecule has 2 aromatic carbocycles. The van der Waals surface area contributed by atoms with Gasteiger partial charge in [-0.1, -0.05) is 23.7 Å². The Bertz CT molecular complexity index is 947. The standard InChI is InChI=1S/C23H31ClN6/c1-29(2)18-8-9-19(30(3)4)21-20(18)27-22(23(28-21)10-12-25-13-11-23)26-15-16-6-5-7-17(24)14-16/h5-9,14,25,28H,10-13,15H2,1-4H3,(H,26,27). The van der Waals surface area contributed by atoms with Crippen molar-refractivity contribution >= 4 is 40.2 Å². The van der Waals surface area contributed by atoms with Crippen LogP contribution in [0.25, 0.3) is 0 Å². The molecule has 0 amide bonds. The van der Waals surface area contributed by atoms with Crippen LogP contribution in [-0.4, -0.2) is 52.7 Å². The maximum Gasteiger partial charge on any atom is 0.129 e. The van der Waals surface area contributed by atoms with Crippen LogP contribution in [0.2, 0.25) is 5.02 Å².